The van der Waals surface area contributed by atoms with Gasteiger partial charge < -0.3 is 13.9 Å². The Morgan fingerprint density at radius 2 is 2.33 bits per heavy atom. The first kappa shape index (κ1) is 10.2. The van der Waals surface area contributed by atoms with Crippen LogP contribution in [-0.4, -0.2) is 13.4 Å². The Morgan fingerprint density at radius 3 is 3.00 bits per heavy atom. The minimum Gasteiger partial charge on any atom is -0.493 e. The molecule has 1 aromatic carbocycles. The molecule has 0 saturated heterocycles. The zero-order valence-corrected chi connectivity index (χ0v) is 9.71. The number of carbonyl (C=O) groups is 1. The second-order valence-electron chi connectivity index (χ2n) is 3.08. The molecule has 0 saturated carbocycles. The molecular weight excluding hydrogens is 260 g/mol. The molecule has 0 amide bonds. The van der Waals surface area contributed by atoms with Crippen LogP contribution in [0.2, 0.25) is 0 Å². The molecule has 0 spiro atoms. The number of aldehydes is 1. The van der Waals surface area contributed by atoms with Crippen LogP contribution in [0, 0.1) is 0 Å². The molecule has 0 radical (unpaired) electrons. The van der Waals surface area contributed by atoms with E-state index < -0.39 is 0 Å². The van der Waals surface area contributed by atoms with Crippen molar-refractivity contribution in [3.05, 3.63) is 28.4 Å². The summed E-state index contributed by atoms with van der Waals surface area (Å²) in [5.41, 5.74) is 0.670. The van der Waals surface area contributed by atoms with Gasteiger partial charge >= 0.3 is 0 Å². The molecule has 0 aliphatic rings. The molecule has 3 nitrogen and oxygen atoms in total. The van der Waals surface area contributed by atoms with Crippen molar-refractivity contribution in [2.24, 2.45) is 0 Å². The lowest BCUT2D eigenvalue weighted by atomic mass is 10.2. The van der Waals surface area contributed by atoms with Crippen molar-refractivity contribution in [3.63, 3.8) is 0 Å². The van der Waals surface area contributed by atoms with E-state index in [4.69, 9.17) is 9.15 Å². The van der Waals surface area contributed by atoms with Crippen molar-refractivity contribution in [2.75, 3.05) is 7.11 Å². The normalized spacial score (nSPS) is 10.5. The molecular formula is C11H9BrO3. The highest BCUT2D eigenvalue weighted by atomic mass is 79.9. The molecule has 15 heavy (non-hydrogen) atoms. The van der Waals surface area contributed by atoms with Gasteiger partial charge in [0.05, 0.1) is 13.5 Å². The summed E-state index contributed by atoms with van der Waals surface area (Å²) < 4.78 is 11.6. The summed E-state index contributed by atoms with van der Waals surface area (Å²) in [5, 5.41) is 0.922. The zero-order valence-electron chi connectivity index (χ0n) is 8.12. The lowest BCUT2D eigenvalue weighted by Crippen LogP contribution is -1.82. The fraction of sp³-hybridized carbons (Fsp3) is 0.182. The van der Waals surface area contributed by atoms with E-state index in [1.165, 1.54) is 0 Å². The predicted molar refractivity (Wildman–Crippen MR) is 60.2 cm³/mol. The highest BCUT2D eigenvalue weighted by Crippen LogP contribution is 2.34. The quantitative estimate of drug-likeness (QED) is 0.804. The molecule has 0 fully saturated rings. The van der Waals surface area contributed by atoms with Crippen molar-refractivity contribution in [2.45, 2.75) is 6.42 Å². The van der Waals surface area contributed by atoms with E-state index in [1.807, 2.05) is 18.2 Å². The average molecular weight is 269 g/mol. The van der Waals surface area contributed by atoms with E-state index in [-0.39, 0.29) is 6.42 Å². The Bertz CT molecular complexity index is 502. The maximum Gasteiger partial charge on any atom is 0.177 e. The molecule has 0 aliphatic heterocycles. The zero-order chi connectivity index (χ0) is 10.8. The highest BCUT2D eigenvalue weighted by Gasteiger charge is 2.11. The van der Waals surface area contributed by atoms with Crippen molar-refractivity contribution in [3.8, 4) is 5.75 Å². The van der Waals surface area contributed by atoms with Crippen LogP contribution in [0.15, 0.2) is 27.1 Å². The van der Waals surface area contributed by atoms with Gasteiger partial charge in [-0.1, -0.05) is 15.9 Å². The number of hydrogen-bond donors (Lipinski definition) is 0. The molecule has 0 bridgehead atoms. The number of carbonyl (C=O) groups excluding carboxylic acids is 1. The third-order valence-electron chi connectivity index (χ3n) is 2.15. The smallest absolute Gasteiger partial charge is 0.177 e. The Hall–Kier alpha value is -1.29. The molecule has 2 rings (SSSR count). The Morgan fingerprint density at radius 1 is 1.53 bits per heavy atom. The fourth-order valence-electron chi connectivity index (χ4n) is 1.46. The monoisotopic (exact) mass is 268 g/mol. The minimum atomic E-state index is 0.282. The fourth-order valence-corrected chi connectivity index (χ4v) is 1.89. The molecule has 78 valence electrons. The van der Waals surface area contributed by atoms with Gasteiger partial charge in [-0.25, -0.2) is 0 Å². The number of furan rings is 1. The van der Waals surface area contributed by atoms with Gasteiger partial charge in [0.2, 0.25) is 0 Å². The van der Waals surface area contributed by atoms with E-state index in [0.717, 1.165) is 16.1 Å². The molecule has 0 unspecified atom stereocenters. The highest BCUT2D eigenvalue weighted by molar-refractivity contribution is 9.10. The Kier molecular flexibility index (Phi) is 2.77. The predicted octanol–water partition coefficient (Wildman–Crippen LogP) is 2.95. The third-order valence-corrected chi connectivity index (χ3v) is 2.84. The van der Waals surface area contributed by atoms with Crippen LogP contribution in [-0.2, 0) is 11.2 Å². The maximum absolute atomic E-state index is 10.4. The standard InChI is InChI=1S/C11H9BrO3/c1-14-10-3-2-9(12)8-6-7(4-5-13)15-11(8)10/h2-3,5-6H,4H2,1H3. The van der Waals surface area contributed by atoms with E-state index in [1.54, 1.807) is 7.11 Å². The van der Waals surface area contributed by atoms with Gasteiger partial charge in [0.1, 0.15) is 12.0 Å². The number of rotatable bonds is 3. The maximum atomic E-state index is 10.4. The number of fused-ring (bicyclic) bond motifs is 1. The minimum absolute atomic E-state index is 0.282. The van der Waals surface area contributed by atoms with E-state index >= 15 is 0 Å². The molecule has 0 aliphatic carbocycles. The van der Waals surface area contributed by atoms with Crippen LogP contribution in [0.4, 0.5) is 0 Å². The molecule has 4 heteroatoms. The van der Waals surface area contributed by atoms with Crippen molar-refractivity contribution >= 4 is 33.2 Å². The van der Waals surface area contributed by atoms with Gasteiger partial charge in [0, 0.05) is 9.86 Å². The van der Waals surface area contributed by atoms with Crippen LogP contribution in [0.25, 0.3) is 11.0 Å². The first-order valence-electron chi connectivity index (χ1n) is 4.45. The van der Waals surface area contributed by atoms with Gasteiger partial charge in [0.15, 0.2) is 11.3 Å². The summed E-state index contributed by atoms with van der Waals surface area (Å²) in [6.07, 6.45) is 1.10. The van der Waals surface area contributed by atoms with Gasteiger partial charge in [-0.15, -0.1) is 0 Å². The number of ether oxygens (including phenoxy) is 1. The summed E-state index contributed by atoms with van der Waals surface area (Å²) in [7, 11) is 1.59. The van der Waals surface area contributed by atoms with E-state index in [2.05, 4.69) is 15.9 Å². The third kappa shape index (κ3) is 1.77. The van der Waals surface area contributed by atoms with Gasteiger partial charge in [-0.2, -0.15) is 0 Å². The van der Waals surface area contributed by atoms with Crippen molar-refractivity contribution in [1.82, 2.24) is 0 Å². The van der Waals surface area contributed by atoms with Crippen LogP contribution in [0.5, 0.6) is 5.75 Å². The summed E-state index contributed by atoms with van der Waals surface area (Å²) in [4.78, 5) is 10.4. The van der Waals surface area contributed by atoms with Crippen LogP contribution in [0.1, 0.15) is 5.76 Å². The van der Waals surface area contributed by atoms with Gasteiger partial charge in [-0.05, 0) is 18.2 Å². The summed E-state index contributed by atoms with van der Waals surface area (Å²) in [6.45, 7) is 0. The first-order valence-corrected chi connectivity index (χ1v) is 5.24. The average Bonchev–Trinajstić information content (AvgIpc) is 2.64. The lowest BCUT2D eigenvalue weighted by molar-refractivity contribution is -0.107. The largest absolute Gasteiger partial charge is 0.493 e. The summed E-state index contributed by atoms with van der Waals surface area (Å²) in [5.74, 6) is 1.32. The summed E-state index contributed by atoms with van der Waals surface area (Å²) >= 11 is 3.42. The number of methoxy groups -OCH3 is 1. The molecule has 1 heterocycles. The molecule has 2 aromatic rings. The second kappa shape index (κ2) is 4.06. The Balaban J connectivity index is 2.66. The van der Waals surface area contributed by atoms with E-state index in [0.29, 0.717) is 17.1 Å². The topological polar surface area (TPSA) is 39.4 Å². The van der Waals surface area contributed by atoms with Crippen molar-refractivity contribution in [1.29, 1.82) is 0 Å². The number of benzene rings is 1. The van der Waals surface area contributed by atoms with Crippen LogP contribution < -0.4 is 4.74 Å². The Labute approximate surface area is 95.1 Å². The number of halogens is 1. The van der Waals surface area contributed by atoms with Crippen molar-refractivity contribution < 1.29 is 13.9 Å². The van der Waals surface area contributed by atoms with Crippen LogP contribution in [0.3, 0.4) is 0 Å². The van der Waals surface area contributed by atoms with E-state index in [9.17, 15) is 4.79 Å². The molecule has 1 aromatic heterocycles. The second-order valence-corrected chi connectivity index (χ2v) is 3.93. The molecule has 0 N–H and O–H groups in total. The summed E-state index contributed by atoms with van der Waals surface area (Å²) in [6, 6.07) is 5.55. The SMILES string of the molecule is COc1ccc(Br)c2cc(CC=O)oc12. The van der Waals surface area contributed by atoms with Crippen LogP contribution >= 0.6 is 15.9 Å². The number of hydrogen-bond acceptors (Lipinski definition) is 3. The molecule has 0 atom stereocenters. The van der Waals surface area contributed by atoms with Gasteiger partial charge in [-0.3, -0.25) is 0 Å². The lowest BCUT2D eigenvalue weighted by Gasteiger charge is -2.00. The first-order chi connectivity index (χ1) is 7.26. The van der Waals surface area contributed by atoms with Gasteiger partial charge in [0.25, 0.3) is 0 Å².